The predicted octanol–water partition coefficient (Wildman–Crippen LogP) is 2.78. The lowest BCUT2D eigenvalue weighted by molar-refractivity contribution is 0.233. The lowest BCUT2D eigenvalue weighted by Crippen LogP contribution is -1.74. The van der Waals surface area contributed by atoms with Crippen LogP contribution in [0.1, 0.15) is 5.56 Å². The van der Waals surface area contributed by atoms with Crippen molar-refractivity contribution < 1.29 is 5.11 Å². The van der Waals surface area contributed by atoms with E-state index in [1.807, 2.05) is 18.2 Å². The van der Waals surface area contributed by atoms with Crippen molar-refractivity contribution in [3.63, 3.8) is 0 Å². The smallest absolute Gasteiger partial charge is 0.101 e. The van der Waals surface area contributed by atoms with Crippen LogP contribution in [0.2, 0.25) is 5.02 Å². The van der Waals surface area contributed by atoms with Gasteiger partial charge in [0, 0.05) is 5.02 Å². The van der Waals surface area contributed by atoms with Crippen molar-refractivity contribution >= 4 is 17.7 Å². The maximum absolute atomic E-state index is 10.1. The fourth-order valence-corrected chi connectivity index (χ4v) is 0.984. The first-order valence-corrected chi connectivity index (χ1v) is 3.71. The topological polar surface area (TPSA) is 19.9 Å². The van der Waals surface area contributed by atoms with Gasteiger partial charge in [0.2, 0.25) is 0 Å². The fourth-order valence-electron chi connectivity index (χ4n) is 0.785. The van der Waals surface area contributed by atoms with Crippen LogP contribution < -0.4 is 0 Å². The first-order chi connectivity index (χ1) is 5.34. The molecule has 0 saturated heterocycles. The van der Waals surface area contributed by atoms with Crippen LogP contribution in [0.15, 0.2) is 30.3 Å². The van der Waals surface area contributed by atoms with Crippen molar-refractivity contribution in [1.29, 1.82) is 0 Å². The summed E-state index contributed by atoms with van der Waals surface area (Å²) < 4.78 is 0. The highest BCUT2D eigenvalue weighted by molar-refractivity contribution is 6.32. The van der Waals surface area contributed by atoms with Crippen LogP contribution in [-0.4, -0.2) is 6.61 Å². The van der Waals surface area contributed by atoms with E-state index in [4.69, 9.17) is 11.6 Å². The molecule has 2 heteroatoms. The second-order valence-electron chi connectivity index (χ2n) is 2.09. The molecule has 11 heavy (non-hydrogen) atoms. The van der Waals surface area contributed by atoms with Crippen LogP contribution >= 0.6 is 11.6 Å². The van der Waals surface area contributed by atoms with Gasteiger partial charge in [0.15, 0.2) is 0 Å². The molecule has 1 aromatic carbocycles. The molecule has 0 saturated carbocycles. The van der Waals surface area contributed by atoms with Gasteiger partial charge in [-0.3, -0.25) is 0 Å². The molecule has 0 aromatic heterocycles. The van der Waals surface area contributed by atoms with Crippen molar-refractivity contribution in [2.75, 3.05) is 6.61 Å². The zero-order valence-electron chi connectivity index (χ0n) is 5.96. The molecular formula is C9H8ClO. The van der Waals surface area contributed by atoms with Gasteiger partial charge in [-0.15, -0.1) is 0 Å². The lowest BCUT2D eigenvalue weighted by atomic mass is 10.2. The molecule has 0 aliphatic heterocycles. The summed E-state index contributed by atoms with van der Waals surface area (Å²) in [6.45, 7) is -0.203. The summed E-state index contributed by atoms with van der Waals surface area (Å²) >= 11 is 5.81. The van der Waals surface area contributed by atoms with Gasteiger partial charge in [0.05, 0.1) is 0 Å². The van der Waals surface area contributed by atoms with Crippen molar-refractivity contribution in [1.82, 2.24) is 0 Å². The Hall–Kier alpha value is -0.790. The summed E-state index contributed by atoms with van der Waals surface area (Å²) in [5, 5.41) is 10.8. The van der Waals surface area contributed by atoms with E-state index in [0.717, 1.165) is 5.56 Å². The number of hydrogen-bond donors (Lipinski definition) is 0. The third-order valence-electron chi connectivity index (χ3n) is 1.30. The minimum atomic E-state index is -0.203. The van der Waals surface area contributed by atoms with Gasteiger partial charge in [-0.1, -0.05) is 42.0 Å². The number of hydrogen-bond acceptors (Lipinski definition) is 0. The second-order valence-corrected chi connectivity index (χ2v) is 2.50. The Balaban J connectivity index is 2.86. The predicted molar refractivity (Wildman–Crippen MR) is 46.0 cm³/mol. The third kappa shape index (κ3) is 2.37. The van der Waals surface area contributed by atoms with E-state index in [9.17, 15) is 5.11 Å². The molecule has 1 rings (SSSR count). The summed E-state index contributed by atoms with van der Waals surface area (Å²) in [4.78, 5) is 0. The molecule has 0 bridgehead atoms. The van der Waals surface area contributed by atoms with Gasteiger partial charge in [-0.25, -0.2) is 5.11 Å². The van der Waals surface area contributed by atoms with Crippen LogP contribution in [0.5, 0.6) is 0 Å². The summed E-state index contributed by atoms with van der Waals surface area (Å²) in [6.07, 6.45) is 3.27. The average molecular weight is 168 g/mol. The van der Waals surface area contributed by atoms with Crippen LogP contribution in [-0.2, 0) is 5.11 Å². The van der Waals surface area contributed by atoms with E-state index in [1.165, 1.54) is 0 Å². The Morgan fingerprint density at radius 3 is 2.73 bits per heavy atom. The molecule has 0 aliphatic carbocycles. The van der Waals surface area contributed by atoms with E-state index >= 15 is 0 Å². The molecule has 0 heterocycles. The van der Waals surface area contributed by atoms with Gasteiger partial charge in [0.25, 0.3) is 0 Å². The van der Waals surface area contributed by atoms with Gasteiger partial charge < -0.3 is 0 Å². The highest BCUT2D eigenvalue weighted by Crippen LogP contribution is 2.15. The third-order valence-corrected chi connectivity index (χ3v) is 1.64. The Morgan fingerprint density at radius 2 is 2.09 bits per heavy atom. The molecule has 0 unspecified atom stereocenters. The minimum Gasteiger partial charge on any atom is -0.232 e. The van der Waals surface area contributed by atoms with Crippen molar-refractivity contribution in [3.05, 3.63) is 40.9 Å². The summed E-state index contributed by atoms with van der Waals surface area (Å²) in [5.41, 5.74) is 0.894. The quantitative estimate of drug-likeness (QED) is 0.646. The largest absolute Gasteiger partial charge is 0.232 e. The average Bonchev–Trinajstić information content (AvgIpc) is 2.03. The highest BCUT2D eigenvalue weighted by Gasteiger charge is 1.91. The van der Waals surface area contributed by atoms with Crippen molar-refractivity contribution in [3.8, 4) is 0 Å². The number of halogens is 1. The number of rotatable bonds is 2. The molecule has 1 nitrogen and oxygen atoms in total. The van der Waals surface area contributed by atoms with Crippen LogP contribution in [0, 0.1) is 0 Å². The second kappa shape index (κ2) is 4.16. The maximum atomic E-state index is 10.1. The SMILES string of the molecule is [O]CC=Cc1ccccc1Cl. The van der Waals surface area contributed by atoms with Crippen LogP contribution in [0.25, 0.3) is 6.08 Å². The molecule has 0 aliphatic rings. The zero-order valence-corrected chi connectivity index (χ0v) is 6.71. The highest BCUT2D eigenvalue weighted by atomic mass is 35.5. The molecule has 0 amide bonds. The zero-order chi connectivity index (χ0) is 8.10. The Bertz CT molecular complexity index is 255. The first kappa shape index (κ1) is 8.31. The van der Waals surface area contributed by atoms with E-state index in [0.29, 0.717) is 5.02 Å². The maximum Gasteiger partial charge on any atom is 0.101 e. The normalized spacial score (nSPS) is 10.7. The van der Waals surface area contributed by atoms with Gasteiger partial charge in [-0.2, -0.15) is 0 Å². The first-order valence-electron chi connectivity index (χ1n) is 3.34. The van der Waals surface area contributed by atoms with Gasteiger partial charge in [-0.05, 0) is 11.6 Å². The minimum absolute atomic E-state index is 0.203. The summed E-state index contributed by atoms with van der Waals surface area (Å²) in [7, 11) is 0. The Labute approximate surface area is 70.9 Å². The number of benzene rings is 1. The van der Waals surface area contributed by atoms with E-state index in [-0.39, 0.29) is 6.61 Å². The van der Waals surface area contributed by atoms with Crippen LogP contribution in [0.4, 0.5) is 0 Å². The van der Waals surface area contributed by atoms with Crippen molar-refractivity contribution in [2.45, 2.75) is 0 Å². The van der Waals surface area contributed by atoms with E-state index < -0.39 is 0 Å². The van der Waals surface area contributed by atoms with Gasteiger partial charge in [0.1, 0.15) is 6.61 Å². The fraction of sp³-hybridized carbons (Fsp3) is 0.111. The molecule has 0 atom stereocenters. The molecule has 57 valence electrons. The van der Waals surface area contributed by atoms with E-state index in [1.54, 1.807) is 18.2 Å². The molecule has 0 N–H and O–H groups in total. The monoisotopic (exact) mass is 167 g/mol. The summed E-state index contributed by atoms with van der Waals surface area (Å²) in [6, 6.07) is 7.41. The molecule has 0 fully saturated rings. The Kier molecular flexibility index (Phi) is 3.14. The molecule has 1 radical (unpaired) electrons. The standard InChI is InChI=1S/C9H8ClO/c10-9-6-2-1-4-8(9)5-3-7-11/h1-6H,7H2. The lowest BCUT2D eigenvalue weighted by Gasteiger charge is -1.94. The van der Waals surface area contributed by atoms with Crippen molar-refractivity contribution in [2.24, 2.45) is 0 Å². The van der Waals surface area contributed by atoms with Crippen LogP contribution in [0.3, 0.4) is 0 Å². The van der Waals surface area contributed by atoms with E-state index in [2.05, 4.69) is 0 Å². The van der Waals surface area contributed by atoms with Gasteiger partial charge >= 0.3 is 0 Å². The molecular weight excluding hydrogens is 160 g/mol. The summed E-state index contributed by atoms with van der Waals surface area (Å²) in [5.74, 6) is 0. The molecule has 0 spiro atoms. The molecule has 1 aromatic rings. The Morgan fingerprint density at radius 1 is 1.36 bits per heavy atom.